The maximum atomic E-state index is 11.5. The molecule has 1 N–H and O–H groups in total. The van der Waals surface area contributed by atoms with Crippen LogP contribution in [0.25, 0.3) is 0 Å². The fraction of sp³-hybridized carbons (Fsp3) is 0.700. The molecule has 0 spiro atoms. The van der Waals surface area contributed by atoms with E-state index in [4.69, 9.17) is 11.6 Å². The van der Waals surface area contributed by atoms with Crippen LogP contribution in [0.4, 0.5) is 0 Å². The molecule has 86 valence electrons. The second-order valence-corrected chi connectivity index (χ2v) is 4.07. The fourth-order valence-corrected chi connectivity index (χ4v) is 1.34. The highest BCUT2D eigenvalue weighted by Crippen LogP contribution is 2.06. The SMILES string of the molecule is CC(=O)N[C@@H](CC(C)C)C(=O)C(=O)CCl. The van der Waals surface area contributed by atoms with Crippen molar-refractivity contribution in [1.82, 2.24) is 5.32 Å². The van der Waals surface area contributed by atoms with Crippen molar-refractivity contribution in [2.24, 2.45) is 5.92 Å². The van der Waals surface area contributed by atoms with Gasteiger partial charge in [-0.15, -0.1) is 11.6 Å². The average Bonchev–Trinajstić information content (AvgIpc) is 2.13. The first kappa shape index (κ1) is 14.1. The zero-order valence-corrected chi connectivity index (χ0v) is 9.93. The van der Waals surface area contributed by atoms with Gasteiger partial charge in [-0.2, -0.15) is 0 Å². The highest BCUT2D eigenvalue weighted by Gasteiger charge is 2.25. The largest absolute Gasteiger partial charge is 0.346 e. The summed E-state index contributed by atoms with van der Waals surface area (Å²) in [5.74, 6) is -1.72. The quantitative estimate of drug-likeness (QED) is 0.548. The lowest BCUT2D eigenvalue weighted by Crippen LogP contribution is -2.44. The second-order valence-electron chi connectivity index (χ2n) is 3.80. The summed E-state index contributed by atoms with van der Waals surface area (Å²) in [4.78, 5) is 33.4. The zero-order valence-electron chi connectivity index (χ0n) is 9.17. The molecule has 0 aliphatic heterocycles. The maximum absolute atomic E-state index is 11.5. The van der Waals surface area contributed by atoms with Gasteiger partial charge in [0.15, 0.2) is 0 Å². The van der Waals surface area contributed by atoms with Crippen molar-refractivity contribution in [3.63, 3.8) is 0 Å². The molecule has 0 aliphatic carbocycles. The highest BCUT2D eigenvalue weighted by atomic mass is 35.5. The minimum absolute atomic E-state index is 0.217. The molecule has 0 aromatic carbocycles. The molecule has 0 aromatic heterocycles. The Morgan fingerprint density at radius 2 is 1.80 bits per heavy atom. The van der Waals surface area contributed by atoms with Crippen molar-refractivity contribution in [3.8, 4) is 0 Å². The molecule has 0 saturated heterocycles. The van der Waals surface area contributed by atoms with Crippen LogP contribution < -0.4 is 5.32 Å². The van der Waals surface area contributed by atoms with Gasteiger partial charge >= 0.3 is 0 Å². The van der Waals surface area contributed by atoms with Crippen molar-refractivity contribution >= 4 is 29.1 Å². The number of carbonyl (C=O) groups is 3. The maximum Gasteiger partial charge on any atom is 0.221 e. The van der Waals surface area contributed by atoms with E-state index in [1.165, 1.54) is 6.92 Å². The molecule has 0 saturated carbocycles. The van der Waals surface area contributed by atoms with E-state index in [9.17, 15) is 14.4 Å². The number of hydrogen-bond acceptors (Lipinski definition) is 3. The zero-order chi connectivity index (χ0) is 12.0. The van der Waals surface area contributed by atoms with Crippen LogP contribution in [0.1, 0.15) is 27.2 Å². The first-order valence-corrected chi connectivity index (χ1v) is 5.32. The summed E-state index contributed by atoms with van der Waals surface area (Å²) in [6, 6.07) is -0.742. The summed E-state index contributed by atoms with van der Waals surface area (Å²) in [6.45, 7) is 5.13. The number of ketones is 2. The van der Waals surface area contributed by atoms with Gasteiger partial charge in [-0.3, -0.25) is 14.4 Å². The number of nitrogens with one attached hydrogen (secondary N) is 1. The van der Waals surface area contributed by atoms with E-state index in [1.54, 1.807) is 0 Å². The van der Waals surface area contributed by atoms with E-state index in [1.807, 2.05) is 13.8 Å². The molecule has 0 radical (unpaired) electrons. The van der Waals surface area contributed by atoms with Gasteiger partial charge in [0, 0.05) is 6.92 Å². The first-order chi connectivity index (χ1) is 6.88. The number of amides is 1. The number of Topliss-reactive ketones (excluding diaryl/α,β-unsaturated/α-hetero) is 2. The van der Waals surface area contributed by atoms with Crippen molar-refractivity contribution in [3.05, 3.63) is 0 Å². The first-order valence-electron chi connectivity index (χ1n) is 4.78. The van der Waals surface area contributed by atoms with E-state index in [-0.39, 0.29) is 17.7 Å². The molecule has 15 heavy (non-hydrogen) atoms. The minimum Gasteiger partial charge on any atom is -0.346 e. The minimum atomic E-state index is -0.742. The van der Waals surface area contributed by atoms with Crippen LogP contribution in [0.5, 0.6) is 0 Å². The summed E-state index contributed by atoms with van der Waals surface area (Å²) in [7, 11) is 0. The molecule has 1 amide bonds. The van der Waals surface area contributed by atoms with Gasteiger partial charge < -0.3 is 5.32 Å². The molecular weight excluding hydrogens is 218 g/mol. The molecule has 0 aliphatic rings. The van der Waals surface area contributed by atoms with E-state index in [2.05, 4.69) is 5.32 Å². The number of alkyl halides is 1. The van der Waals surface area contributed by atoms with E-state index in [0.717, 1.165) is 0 Å². The normalized spacial score (nSPS) is 12.3. The summed E-state index contributed by atoms with van der Waals surface area (Å²) in [5.41, 5.74) is 0. The van der Waals surface area contributed by atoms with Crippen molar-refractivity contribution in [2.75, 3.05) is 5.88 Å². The van der Waals surface area contributed by atoms with Crippen LogP contribution in [0, 0.1) is 5.92 Å². The Hall–Kier alpha value is -0.900. The van der Waals surface area contributed by atoms with Crippen molar-refractivity contribution in [1.29, 1.82) is 0 Å². The van der Waals surface area contributed by atoms with Crippen LogP contribution in [0.3, 0.4) is 0 Å². The van der Waals surface area contributed by atoms with Crippen molar-refractivity contribution < 1.29 is 14.4 Å². The topological polar surface area (TPSA) is 63.2 Å². The van der Waals surface area contributed by atoms with E-state index >= 15 is 0 Å². The van der Waals surface area contributed by atoms with E-state index < -0.39 is 17.6 Å². The molecule has 1 atom stereocenters. The molecule has 5 heteroatoms. The average molecular weight is 234 g/mol. The lowest BCUT2D eigenvalue weighted by molar-refractivity contribution is -0.137. The van der Waals surface area contributed by atoms with Gasteiger partial charge in [0.25, 0.3) is 0 Å². The third-order valence-corrected chi connectivity index (χ3v) is 2.04. The second kappa shape index (κ2) is 6.56. The van der Waals surface area contributed by atoms with Crippen LogP contribution >= 0.6 is 11.6 Å². The smallest absolute Gasteiger partial charge is 0.221 e. The molecule has 0 bridgehead atoms. The van der Waals surface area contributed by atoms with Crippen LogP contribution in [0.2, 0.25) is 0 Å². The Morgan fingerprint density at radius 3 is 2.13 bits per heavy atom. The lowest BCUT2D eigenvalue weighted by Gasteiger charge is -2.17. The fourth-order valence-electron chi connectivity index (χ4n) is 1.21. The van der Waals surface area contributed by atoms with Gasteiger partial charge in [-0.05, 0) is 12.3 Å². The monoisotopic (exact) mass is 233 g/mol. The summed E-state index contributed by atoms with van der Waals surface area (Å²) < 4.78 is 0. The third-order valence-electron chi connectivity index (χ3n) is 1.80. The molecular formula is C10H16ClNO3. The Balaban J connectivity index is 4.54. The Labute approximate surface area is 94.4 Å². The number of rotatable bonds is 6. The Bertz CT molecular complexity index is 263. The Morgan fingerprint density at radius 1 is 1.27 bits per heavy atom. The van der Waals surface area contributed by atoms with Gasteiger partial charge in [-0.1, -0.05) is 13.8 Å². The Kier molecular flexibility index (Phi) is 6.17. The van der Waals surface area contributed by atoms with E-state index in [0.29, 0.717) is 6.42 Å². The van der Waals surface area contributed by atoms with Crippen molar-refractivity contribution in [2.45, 2.75) is 33.2 Å². The molecule has 0 rings (SSSR count). The standard InChI is InChI=1S/C10H16ClNO3/c1-6(2)4-8(12-7(3)13)10(15)9(14)5-11/h6,8H,4-5H2,1-3H3,(H,12,13)/t8-/m0/s1. The number of halogens is 1. The molecule has 0 heterocycles. The summed E-state index contributed by atoms with van der Waals surface area (Å²) >= 11 is 5.28. The number of carbonyl (C=O) groups excluding carboxylic acids is 3. The molecule has 0 fully saturated rings. The molecule has 0 unspecified atom stereocenters. The summed E-state index contributed by atoms with van der Waals surface area (Å²) in [5, 5.41) is 2.46. The lowest BCUT2D eigenvalue weighted by atomic mass is 9.98. The summed E-state index contributed by atoms with van der Waals surface area (Å²) in [6.07, 6.45) is 0.445. The molecule has 4 nitrogen and oxygen atoms in total. The van der Waals surface area contributed by atoms with Gasteiger partial charge in [0.1, 0.15) is 0 Å². The molecule has 0 aromatic rings. The van der Waals surface area contributed by atoms with Crippen LogP contribution in [-0.2, 0) is 14.4 Å². The predicted molar refractivity (Wildman–Crippen MR) is 57.8 cm³/mol. The van der Waals surface area contributed by atoms with Gasteiger partial charge in [-0.25, -0.2) is 0 Å². The van der Waals surface area contributed by atoms with Gasteiger partial charge in [0.05, 0.1) is 11.9 Å². The third kappa shape index (κ3) is 5.52. The van der Waals surface area contributed by atoms with Crippen LogP contribution in [0.15, 0.2) is 0 Å². The predicted octanol–water partition coefficient (Wildman–Crippen LogP) is 0.914. The van der Waals surface area contributed by atoms with Crippen LogP contribution in [-0.4, -0.2) is 29.4 Å². The number of hydrogen-bond donors (Lipinski definition) is 1. The highest BCUT2D eigenvalue weighted by molar-refractivity contribution is 6.48. The van der Waals surface area contributed by atoms with Gasteiger partial charge in [0.2, 0.25) is 17.5 Å².